The molecule has 0 aliphatic carbocycles. The van der Waals surface area contributed by atoms with Crippen LogP contribution in [0, 0.1) is 13.8 Å². The molecule has 10 heteroatoms. The molecule has 0 saturated carbocycles. The average Bonchev–Trinajstić information content (AvgIpc) is 2.69. The molecule has 2 aromatic carbocycles. The molecule has 0 radical (unpaired) electrons. The van der Waals surface area contributed by atoms with E-state index < -0.39 is 22.8 Å². The Morgan fingerprint density at radius 3 is 1.33 bits per heavy atom. The quantitative estimate of drug-likeness (QED) is 0.281. The fourth-order valence-electron chi connectivity index (χ4n) is 1.58. The summed E-state index contributed by atoms with van der Waals surface area (Å²) in [6.45, 7) is 12.2. The summed E-state index contributed by atoms with van der Waals surface area (Å²) in [5.74, 6) is -0.889. The van der Waals surface area contributed by atoms with Crippen molar-refractivity contribution >= 4 is 30.2 Å². The van der Waals surface area contributed by atoms with Crippen LogP contribution in [0.1, 0.15) is 49.9 Å². The summed E-state index contributed by atoms with van der Waals surface area (Å²) >= 11 is 5.02. The number of rotatable bonds is 4. The van der Waals surface area contributed by atoms with Crippen molar-refractivity contribution in [3.8, 4) is 0 Å². The topological polar surface area (TPSA) is 133 Å². The van der Waals surface area contributed by atoms with Gasteiger partial charge in [0, 0.05) is 19.1 Å². The number of benzene rings is 2. The normalized spacial score (nSPS) is 8.73. The van der Waals surface area contributed by atoms with Gasteiger partial charge in [0.15, 0.2) is 5.79 Å². The van der Waals surface area contributed by atoms with Crippen molar-refractivity contribution in [2.24, 2.45) is 0 Å². The molecule has 0 atom stereocenters. The Labute approximate surface area is 221 Å². The summed E-state index contributed by atoms with van der Waals surface area (Å²) in [7, 11) is 9.78. The Morgan fingerprint density at radius 1 is 0.818 bits per heavy atom. The van der Waals surface area contributed by atoms with Gasteiger partial charge in [-0.15, -0.1) is 11.6 Å². The van der Waals surface area contributed by atoms with Crippen LogP contribution >= 0.6 is 30.2 Å². The van der Waals surface area contributed by atoms with Gasteiger partial charge < -0.3 is 31.0 Å². The molecule has 0 saturated heterocycles. The molecule has 7 N–H and O–H groups in total. The van der Waals surface area contributed by atoms with Gasteiger partial charge in [0.05, 0.1) is 6.61 Å². The molecule has 0 aromatic heterocycles. The van der Waals surface area contributed by atoms with E-state index in [0.717, 1.165) is 13.2 Å². The van der Waals surface area contributed by atoms with Gasteiger partial charge in [-0.05, 0) is 52.7 Å². The Bertz CT molecular complexity index is 601. The van der Waals surface area contributed by atoms with Crippen molar-refractivity contribution in [3.05, 3.63) is 70.8 Å². The second-order valence-corrected chi connectivity index (χ2v) is 9.47. The van der Waals surface area contributed by atoms with Crippen LogP contribution in [0.25, 0.3) is 0 Å². The van der Waals surface area contributed by atoms with E-state index >= 15 is 0 Å². The second-order valence-electron chi connectivity index (χ2n) is 6.62. The molecule has 0 bridgehead atoms. The fraction of sp³-hybridized carbons (Fsp3) is 0.478. The Balaban J connectivity index is -0.000000107. The Hall–Kier alpha value is -0.216. The maximum absolute atomic E-state index is 8.08. The van der Waals surface area contributed by atoms with Crippen LogP contribution < -0.4 is 0 Å². The van der Waals surface area contributed by atoms with E-state index in [4.69, 9.17) is 50.3 Å². The molecule has 6 nitrogen and oxygen atoms in total. The van der Waals surface area contributed by atoms with Crippen LogP contribution in [-0.2, 0) is 34.3 Å². The van der Waals surface area contributed by atoms with Gasteiger partial charge in [-0.3, -0.25) is 0 Å². The van der Waals surface area contributed by atoms with Crippen molar-refractivity contribution in [1.82, 2.24) is 0 Å². The van der Waals surface area contributed by atoms with E-state index in [-0.39, 0.29) is 17.6 Å². The number of alkyl halides is 1. The average molecular weight is 568 g/mol. The first kappa shape index (κ1) is 42.9. The summed E-state index contributed by atoms with van der Waals surface area (Å²) < 4.78 is 5.26. The molecular weight excluding hydrogens is 526 g/mol. The molecule has 0 heterocycles. The number of hydrogen-bond donors (Lipinski definition) is 3. The molecule has 2 aromatic rings. The number of halogens is 3. The summed E-state index contributed by atoms with van der Waals surface area (Å²) in [5, 5.41) is 23.7. The molecule has 0 amide bonds. The van der Waals surface area contributed by atoms with Crippen molar-refractivity contribution < 1.29 is 48.0 Å². The molecule has 33 heavy (non-hydrogen) atoms. The second kappa shape index (κ2) is 29.8. The van der Waals surface area contributed by atoms with Gasteiger partial charge in [0.1, 0.15) is 0 Å². The van der Waals surface area contributed by atoms with E-state index in [1.807, 2.05) is 19.1 Å². The molecule has 0 unspecified atom stereocenters. The maximum atomic E-state index is 8.08. The van der Waals surface area contributed by atoms with E-state index in [1.165, 1.54) is 36.1 Å². The van der Waals surface area contributed by atoms with E-state index in [9.17, 15) is 0 Å². The molecule has 2 rings (SSSR count). The van der Waals surface area contributed by atoms with Crippen molar-refractivity contribution in [2.75, 3.05) is 13.2 Å². The third-order valence-corrected chi connectivity index (χ3v) is 3.18. The number of aliphatic hydroxyl groups is 3. The van der Waals surface area contributed by atoms with Gasteiger partial charge in [0.2, 0.25) is 0 Å². The predicted molar refractivity (Wildman–Crippen MR) is 137 cm³/mol. The fourth-order valence-corrected chi connectivity index (χ4v) is 1.76. The molecule has 0 aliphatic heterocycles. The molecule has 0 spiro atoms. The van der Waals surface area contributed by atoms with Crippen LogP contribution in [0.2, 0.25) is 0 Å². The zero-order valence-corrected chi connectivity index (χ0v) is 24.2. The number of aliphatic hydroxyl groups excluding tert-OH is 1. The zero-order valence-electron chi connectivity index (χ0n) is 20.3. The predicted octanol–water partition coefficient (Wildman–Crippen LogP) is 4.70. The van der Waals surface area contributed by atoms with Crippen molar-refractivity contribution in [1.29, 1.82) is 0 Å². The first-order valence-corrected chi connectivity index (χ1v) is 14.6. The summed E-state index contributed by atoms with van der Waals surface area (Å²) in [6.07, 6.45) is 0. The van der Waals surface area contributed by atoms with E-state index in [1.54, 1.807) is 6.92 Å². The van der Waals surface area contributed by atoms with Crippen molar-refractivity contribution in [3.63, 3.8) is 0 Å². The van der Waals surface area contributed by atoms with Crippen LogP contribution in [-0.4, -0.2) is 45.3 Å². The first-order valence-electron chi connectivity index (χ1n) is 9.75. The third kappa shape index (κ3) is 42.4. The molecule has 0 aliphatic rings. The molecule has 0 fully saturated rings. The number of hydrogen-bond acceptors (Lipinski definition) is 4. The number of ether oxygens (including phenoxy) is 1. The monoisotopic (exact) mass is 566 g/mol. The standard InChI is InChI=1S/C10H14O.C8H9Cl.C3H8O2.C2H6O.2ClH.2H2O.Ti/c1-3-11-8-10-6-4-9(2)5-7-10;1-7-2-4-8(6-9)5-3-7;1-3(2,4)5;1-2-3;;;;;/h4-7H,3,8H2,1-2H3;2-5H,6H2,1H3;4-5H,1-2H3;3H,2H2,1H3;2*1H;2*1H2;/q;;;;;;;;+2/p-2. The minimum absolute atomic E-state index is 0. The van der Waals surface area contributed by atoms with Gasteiger partial charge in [-0.1, -0.05) is 59.7 Å². The van der Waals surface area contributed by atoms with E-state index in [0.29, 0.717) is 5.88 Å². The van der Waals surface area contributed by atoms with Gasteiger partial charge in [0.25, 0.3) is 0 Å². The van der Waals surface area contributed by atoms with Crippen molar-refractivity contribution in [2.45, 2.75) is 59.8 Å². The van der Waals surface area contributed by atoms with Gasteiger partial charge in [-0.25, -0.2) is 0 Å². The number of aryl methyl sites for hydroxylation is 2. The van der Waals surface area contributed by atoms with Gasteiger partial charge >= 0.3 is 35.6 Å². The Kier molecular flexibility index (Phi) is 38.8. The third-order valence-electron chi connectivity index (χ3n) is 2.87. The summed E-state index contributed by atoms with van der Waals surface area (Å²) in [5.41, 5.74) is 5.01. The molecular formula is C23H41Cl3O6Ti. The summed E-state index contributed by atoms with van der Waals surface area (Å²) in [4.78, 5) is 0. The minimum atomic E-state index is -1.50. The molecule has 194 valence electrons. The SMILES string of the molecule is CC(C)(O)O.CCO.CCOCc1ccc(C)cc1.Cc1ccc(CCl)cc1.O.O.[Cl][Ti][Cl]. The zero-order chi connectivity index (χ0) is 24.7. The Morgan fingerprint density at radius 2 is 1.09 bits per heavy atom. The van der Waals surface area contributed by atoms with Crippen LogP contribution in [0.4, 0.5) is 0 Å². The van der Waals surface area contributed by atoms with E-state index in [2.05, 4.69) is 50.2 Å². The van der Waals surface area contributed by atoms with Gasteiger partial charge in [-0.2, -0.15) is 0 Å². The first-order chi connectivity index (χ1) is 14.5. The van der Waals surface area contributed by atoms with Crippen LogP contribution in [0.5, 0.6) is 0 Å². The summed E-state index contributed by atoms with van der Waals surface area (Å²) in [6, 6.07) is 16.6. The van der Waals surface area contributed by atoms with Crippen LogP contribution in [0.15, 0.2) is 48.5 Å². The van der Waals surface area contributed by atoms with Crippen LogP contribution in [0.3, 0.4) is 0 Å².